The molecule has 3 heterocycles. The van der Waals surface area contributed by atoms with Gasteiger partial charge in [-0.15, -0.1) is 0 Å². The number of aliphatic hydroxyl groups excluding tert-OH is 1. The normalized spacial score (nSPS) is 19.9. The van der Waals surface area contributed by atoms with E-state index in [-0.39, 0.29) is 12.1 Å². The summed E-state index contributed by atoms with van der Waals surface area (Å²) in [5, 5.41) is 23.5. The number of nitrogens with zero attached hydrogens (tertiary/aromatic N) is 3. The molecule has 1 saturated heterocycles. The van der Waals surface area contributed by atoms with E-state index in [9.17, 15) is 32.6 Å². The molecular formula is C24H28F4N4O3. The van der Waals surface area contributed by atoms with E-state index in [4.69, 9.17) is 0 Å². The summed E-state index contributed by atoms with van der Waals surface area (Å²) in [6.45, 7) is 2.08. The monoisotopic (exact) mass is 496 g/mol. The van der Waals surface area contributed by atoms with Gasteiger partial charge in [-0.3, -0.25) is 14.6 Å². The van der Waals surface area contributed by atoms with Crippen molar-refractivity contribution in [3.63, 3.8) is 0 Å². The van der Waals surface area contributed by atoms with Gasteiger partial charge in [0.2, 0.25) is 0 Å². The summed E-state index contributed by atoms with van der Waals surface area (Å²) in [5.41, 5.74) is 0.666. The second-order valence-electron chi connectivity index (χ2n) is 8.92. The number of aryl methyl sites for hydroxylation is 2. The Balaban J connectivity index is 1.42. The van der Waals surface area contributed by atoms with Crippen LogP contribution in [0.4, 0.5) is 23.4 Å². The molecule has 11 heteroatoms. The second kappa shape index (κ2) is 10.5. The predicted molar refractivity (Wildman–Crippen MR) is 120 cm³/mol. The van der Waals surface area contributed by atoms with Crippen molar-refractivity contribution < 1.29 is 32.6 Å². The number of aromatic nitrogens is 1. The molecule has 0 spiro atoms. The van der Waals surface area contributed by atoms with E-state index in [0.29, 0.717) is 38.1 Å². The van der Waals surface area contributed by atoms with E-state index in [1.165, 1.54) is 10.5 Å². The van der Waals surface area contributed by atoms with Crippen LogP contribution in [-0.4, -0.2) is 63.5 Å². The lowest BCUT2D eigenvalue weighted by molar-refractivity contribution is -0.140. The molecule has 4 rings (SSSR count). The summed E-state index contributed by atoms with van der Waals surface area (Å²) >= 11 is 0. The average molecular weight is 497 g/mol. The first-order valence-electron chi connectivity index (χ1n) is 11.6. The number of pyridine rings is 1. The highest BCUT2D eigenvalue weighted by Crippen LogP contribution is 2.36. The summed E-state index contributed by atoms with van der Waals surface area (Å²) in [6, 6.07) is 5.49. The van der Waals surface area contributed by atoms with Crippen LogP contribution in [0.3, 0.4) is 0 Å². The summed E-state index contributed by atoms with van der Waals surface area (Å²) < 4.78 is 53.4. The fourth-order valence-electron chi connectivity index (χ4n) is 4.76. The molecule has 0 aliphatic carbocycles. The van der Waals surface area contributed by atoms with Crippen molar-refractivity contribution >= 4 is 11.8 Å². The molecule has 1 unspecified atom stereocenters. The van der Waals surface area contributed by atoms with E-state index < -0.39 is 42.3 Å². The zero-order chi connectivity index (χ0) is 25.2. The van der Waals surface area contributed by atoms with Gasteiger partial charge in [-0.1, -0.05) is 12.1 Å². The van der Waals surface area contributed by atoms with Crippen molar-refractivity contribution in [3.05, 3.63) is 58.5 Å². The van der Waals surface area contributed by atoms with E-state index in [2.05, 4.69) is 16.4 Å². The van der Waals surface area contributed by atoms with E-state index in [0.717, 1.165) is 37.0 Å². The molecule has 0 bridgehead atoms. The van der Waals surface area contributed by atoms with Crippen LogP contribution in [0.5, 0.6) is 0 Å². The molecule has 190 valence electrons. The Kier molecular flexibility index (Phi) is 7.58. The Morgan fingerprint density at radius 2 is 2.03 bits per heavy atom. The summed E-state index contributed by atoms with van der Waals surface area (Å²) in [6.07, 6.45) is -3.16. The Hall–Kier alpha value is -2.76. The van der Waals surface area contributed by atoms with Crippen molar-refractivity contribution in [3.8, 4) is 0 Å². The first-order chi connectivity index (χ1) is 16.6. The van der Waals surface area contributed by atoms with Crippen molar-refractivity contribution in [1.82, 2.24) is 14.8 Å². The molecule has 0 radical (unpaired) electrons. The number of alkyl halides is 3. The lowest BCUT2D eigenvalue weighted by Crippen LogP contribution is -2.41. The number of benzene rings is 1. The molecule has 2 aliphatic rings. The van der Waals surface area contributed by atoms with Crippen LogP contribution in [0.15, 0.2) is 30.3 Å². The van der Waals surface area contributed by atoms with Crippen LogP contribution in [0.2, 0.25) is 0 Å². The highest BCUT2D eigenvalue weighted by atomic mass is 19.4. The number of fused-ring (bicyclic) bond motifs is 1. The van der Waals surface area contributed by atoms with Crippen LogP contribution in [0.1, 0.15) is 47.7 Å². The molecule has 0 saturated carbocycles. The maximum absolute atomic E-state index is 13.8. The quantitative estimate of drug-likeness (QED) is 0.481. The zero-order valence-corrected chi connectivity index (χ0v) is 19.1. The first-order valence-corrected chi connectivity index (χ1v) is 11.6. The highest BCUT2D eigenvalue weighted by molar-refractivity contribution is 5.68. The number of anilines is 1. The molecule has 3 N–H and O–H groups in total. The van der Waals surface area contributed by atoms with E-state index in [1.807, 2.05) is 6.07 Å². The third kappa shape index (κ3) is 5.91. The Labute approximate surface area is 200 Å². The number of carbonyl (C=O) groups is 1. The predicted octanol–water partition coefficient (Wildman–Crippen LogP) is 3.64. The number of carboxylic acids is 1. The second-order valence-corrected chi connectivity index (χ2v) is 8.92. The van der Waals surface area contributed by atoms with Gasteiger partial charge < -0.3 is 15.5 Å². The van der Waals surface area contributed by atoms with Crippen LogP contribution in [0, 0.1) is 5.82 Å². The average Bonchev–Trinajstić information content (AvgIpc) is 3.17. The van der Waals surface area contributed by atoms with Gasteiger partial charge in [-0.25, -0.2) is 9.37 Å². The fourth-order valence-corrected chi connectivity index (χ4v) is 4.76. The van der Waals surface area contributed by atoms with Crippen LogP contribution < -0.4 is 5.32 Å². The van der Waals surface area contributed by atoms with Gasteiger partial charge in [-0.05, 0) is 55.0 Å². The van der Waals surface area contributed by atoms with Gasteiger partial charge in [-0.2, -0.15) is 13.2 Å². The Morgan fingerprint density at radius 1 is 1.23 bits per heavy atom. The minimum absolute atomic E-state index is 0.00668. The minimum atomic E-state index is -4.91. The van der Waals surface area contributed by atoms with E-state index >= 15 is 0 Å². The third-order valence-electron chi connectivity index (χ3n) is 6.55. The molecule has 1 fully saturated rings. The van der Waals surface area contributed by atoms with Gasteiger partial charge in [0.25, 0.3) is 0 Å². The number of halogens is 4. The molecule has 7 nitrogen and oxygen atoms in total. The standard InChI is InChI=1S/C24H28F4N4O3/c25-19-8-6-16(13-18(19)24(26,27)28)20(14-21(33)34)32-12-11-31(23(32)35)10-2-4-17-7-5-15-3-1-9-29-22(15)30-17/h5-8,13,20,23,35H,1-4,9-12,14H2,(H,29,30)(H,33,34)/t20-,23?/m1/s1. The molecule has 2 atom stereocenters. The van der Waals surface area contributed by atoms with Crippen molar-refractivity contribution in [2.24, 2.45) is 0 Å². The number of nitrogens with one attached hydrogen (secondary N) is 1. The Morgan fingerprint density at radius 3 is 2.77 bits per heavy atom. The topological polar surface area (TPSA) is 88.9 Å². The first kappa shape index (κ1) is 25.3. The molecule has 1 aromatic carbocycles. The third-order valence-corrected chi connectivity index (χ3v) is 6.55. The Bertz CT molecular complexity index is 1070. The van der Waals surface area contributed by atoms with Gasteiger partial charge in [0, 0.05) is 37.9 Å². The number of aliphatic carboxylic acids is 1. The van der Waals surface area contributed by atoms with Gasteiger partial charge >= 0.3 is 12.1 Å². The minimum Gasteiger partial charge on any atom is -0.481 e. The van der Waals surface area contributed by atoms with Gasteiger partial charge in [0.15, 0.2) is 6.35 Å². The fraction of sp³-hybridized carbons (Fsp3) is 0.500. The van der Waals surface area contributed by atoms with Gasteiger partial charge in [0.05, 0.1) is 12.0 Å². The lowest BCUT2D eigenvalue weighted by atomic mass is 9.99. The number of hydrogen-bond acceptors (Lipinski definition) is 6. The maximum Gasteiger partial charge on any atom is 0.419 e. The van der Waals surface area contributed by atoms with Gasteiger partial charge in [0.1, 0.15) is 11.6 Å². The van der Waals surface area contributed by atoms with Crippen molar-refractivity contribution in [2.75, 3.05) is 31.5 Å². The largest absolute Gasteiger partial charge is 0.481 e. The maximum atomic E-state index is 13.8. The van der Waals surface area contributed by atoms with Crippen LogP contribution in [0.25, 0.3) is 0 Å². The summed E-state index contributed by atoms with van der Waals surface area (Å²) in [5.74, 6) is -1.74. The smallest absolute Gasteiger partial charge is 0.419 e. The van der Waals surface area contributed by atoms with E-state index in [1.54, 1.807) is 4.90 Å². The number of aliphatic hydroxyl groups is 1. The molecule has 2 aromatic rings. The number of carboxylic acid groups (broad SMARTS) is 1. The van der Waals surface area contributed by atoms with Crippen molar-refractivity contribution in [2.45, 2.75) is 50.7 Å². The number of rotatable bonds is 8. The van der Waals surface area contributed by atoms with Crippen LogP contribution in [-0.2, 0) is 23.8 Å². The summed E-state index contributed by atoms with van der Waals surface area (Å²) in [7, 11) is 0. The molecule has 0 amide bonds. The molecular weight excluding hydrogens is 468 g/mol. The summed E-state index contributed by atoms with van der Waals surface area (Å²) in [4.78, 5) is 19.3. The molecule has 1 aromatic heterocycles. The van der Waals surface area contributed by atoms with Crippen LogP contribution >= 0.6 is 0 Å². The number of hydrogen-bond donors (Lipinski definition) is 3. The molecule has 35 heavy (non-hydrogen) atoms. The lowest BCUT2D eigenvalue weighted by Gasteiger charge is -2.32. The van der Waals surface area contributed by atoms with Crippen molar-refractivity contribution in [1.29, 1.82) is 0 Å². The highest BCUT2D eigenvalue weighted by Gasteiger charge is 2.39. The zero-order valence-electron chi connectivity index (χ0n) is 19.1. The SMILES string of the molecule is O=C(O)C[C@H](c1ccc(F)c(C(F)(F)F)c1)N1CCN(CCCc2ccc3c(n2)NCCC3)C1O. The molecule has 2 aliphatic heterocycles.